The summed E-state index contributed by atoms with van der Waals surface area (Å²) in [6.07, 6.45) is 0. The summed E-state index contributed by atoms with van der Waals surface area (Å²) in [5, 5.41) is 0. The molecule has 0 radical (unpaired) electrons. The first-order chi connectivity index (χ1) is 15.8. The highest BCUT2D eigenvalue weighted by atomic mass is 16.5. The van der Waals surface area contributed by atoms with Crippen molar-refractivity contribution in [1.29, 1.82) is 0 Å². The van der Waals surface area contributed by atoms with Gasteiger partial charge < -0.3 is 19.9 Å². The molecule has 0 spiro atoms. The number of nitrogens with zero attached hydrogens (tertiary/aromatic N) is 2. The van der Waals surface area contributed by atoms with Gasteiger partial charge in [-0.3, -0.25) is 18.7 Å². The quantitative estimate of drug-likeness (QED) is 0.398. The van der Waals surface area contributed by atoms with E-state index in [0.717, 1.165) is 14.7 Å². The van der Waals surface area contributed by atoms with Gasteiger partial charge in [-0.15, -0.1) is 0 Å². The molecule has 0 aliphatic rings. The monoisotopic (exact) mass is 453 g/mol. The number of ketones is 1. The predicted octanol–water partition coefficient (Wildman–Crippen LogP) is 1.23. The van der Waals surface area contributed by atoms with Gasteiger partial charge in [0.05, 0.1) is 20.8 Å². The Kier molecular flexibility index (Phi) is 6.97. The molecule has 3 rings (SSSR count). The Morgan fingerprint density at radius 2 is 1.70 bits per heavy atom. The van der Waals surface area contributed by atoms with E-state index < -0.39 is 35.2 Å². The molecule has 10 nitrogen and oxygen atoms in total. The zero-order valence-electron chi connectivity index (χ0n) is 18.4. The lowest BCUT2D eigenvalue weighted by Gasteiger charge is -2.15. The number of benzene rings is 2. The highest BCUT2D eigenvalue weighted by Crippen LogP contribution is 2.24. The Labute approximate surface area is 188 Å². The van der Waals surface area contributed by atoms with Crippen LogP contribution in [0.3, 0.4) is 0 Å². The minimum absolute atomic E-state index is 0.0413. The van der Waals surface area contributed by atoms with E-state index in [2.05, 4.69) is 0 Å². The number of rotatable bonds is 8. The highest BCUT2D eigenvalue weighted by molar-refractivity contribution is 6.02. The lowest BCUT2D eigenvalue weighted by Crippen LogP contribution is -2.43. The molecule has 1 heterocycles. The van der Waals surface area contributed by atoms with E-state index in [1.807, 2.05) is 6.07 Å². The van der Waals surface area contributed by atoms with Gasteiger partial charge in [-0.25, -0.2) is 9.59 Å². The van der Waals surface area contributed by atoms with Gasteiger partial charge in [0.2, 0.25) is 5.78 Å². The zero-order chi connectivity index (χ0) is 24.1. The molecule has 0 saturated carbocycles. The van der Waals surface area contributed by atoms with E-state index in [1.54, 1.807) is 30.3 Å². The maximum atomic E-state index is 12.8. The summed E-state index contributed by atoms with van der Waals surface area (Å²) in [5.41, 5.74) is 4.87. The van der Waals surface area contributed by atoms with Crippen LogP contribution in [0, 0.1) is 0 Å². The van der Waals surface area contributed by atoms with Gasteiger partial charge in [-0.2, -0.15) is 0 Å². The van der Waals surface area contributed by atoms with Crippen LogP contribution in [-0.4, -0.2) is 41.7 Å². The fourth-order valence-electron chi connectivity index (χ4n) is 3.22. The summed E-state index contributed by atoms with van der Waals surface area (Å²) in [6, 6.07) is 13.5. The first-order valence-corrected chi connectivity index (χ1v) is 9.84. The molecule has 0 aliphatic heterocycles. The SMILES string of the molecule is COc1ccc(OC)c(C(=O)OCC(=O)c2c(N)n(Cc3ccccc3)c(=O)n(C)c2=O)c1. The second kappa shape index (κ2) is 9.86. The number of carbonyl (C=O) groups excluding carboxylic acids is 2. The maximum absolute atomic E-state index is 12.8. The van der Waals surface area contributed by atoms with Gasteiger partial charge in [-0.05, 0) is 23.8 Å². The normalized spacial score (nSPS) is 10.5. The van der Waals surface area contributed by atoms with Crippen LogP contribution in [0.4, 0.5) is 5.82 Å². The average molecular weight is 453 g/mol. The standard InChI is InChI=1S/C23H23N3O7/c1-25-21(28)19(20(24)26(23(25)30)12-14-7-5-4-6-8-14)17(27)13-33-22(29)16-11-15(31-2)9-10-18(16)32-3/h4-11H,12-13,24H2,1-3H3. The summed E-state index contributed by atoms with van der Waals surface area (Å²) in [4.78, 5) is 50.6. The number of aromatic nitrogens is 2. The van der Waals surface area contributed by atoms with Crippen LogP contribution in [0.25, 0.3) is 0 Å². The zero-order valence-corrected chi connectivity index (χ0v) is 18.4. The topological polar surface area (TPSA) is 132 Å². The molecule has 1 aromatic heterocycles. The third-order valence-electron chi connectivity index (χ3n) is 5.01. The molecular weight excluding hydrogens is 430 g/mol. The minimum atomic E-state index is -0.873. The van der Waals surface area contributed by atoms with Crippen LogP contribution in [0.1, 0.15) is 26.3 Å². The van der Waals surface area contributed by atoms with Crippen LogP contribution in [0.2, 0.25) is 0 Å². The van der Waals surface area contributed by atoms with Crippen molar-refractivity contribution in [2.75, 3.05) is 26.6 Å². The molecule has 0 unspecified atom stereocenters. The number of methoxy groups -OCH3 is 2. The summed E-state index contributed by atoms with van der Waals surface area (Å²) < 4.78 is 17.3. The van der Waals surface area contributed by atoms with Crippen molar-refractivity contribution in [1.82, 2.24) is 9.13 Å². The molecule has 2 aromatic carbocycles. The van der Waals surface area contributed by atoms with Gasteiger partial charge in [0.25, 0.3) is 5.56 Å². The molecule has 172 valence electrons. The van der Waals surface area contributed by atoms with Crippen molar-refractivity contribution >= 4 is 17.6 Å². The number of anilines is 1. The Bertz CT molecular complexity index is 1310. The fourth-order valence-corrected chi connectivity index (χ4v) is 3.22. The summed E-state index contributed by atoms with van der Waals surface area (Å²) in [5.74, 6) is -1.38. The van der Waals surface area contributed by atoms with E-state index in [-0.39, 0.29) is 23.7 Å². The number of esters is 1. The first-order valence-electron chi connectivity index (χ1n) is 9.84. The van der Waals surface area contributed by atoms with E-state index in [1.165, 1.54) is 33.4 Å². The van der Waals surface area contributed by atoms with Gasteiger partial charge in [-0.1, -0.05) is 30.3 Å². The minimum Gasteiger partial charge on any atom is -0.497 e. The molecular formula is C23H23N3O7. The summed E-state index contributed by atoms with van der Waals surface area (Å²) in [7, 11) is 4.06. The molecule has 0 atom stereocenters. The molecule has 2 N–H and O–H groups in total. The van der Waals surface area contributed by atoms with Gasteiger partial charge in [0.1, 0.15) is 28.4 Å². The Morgan fingerprint density at radius 1 is 1.00 bits per heavy atom. The third-order valence-corrected chi connectivity index (χ3v) is 5.01. The molecule has 0 fully saturated rings. The number of carbonyl (C=O) groups is 2. The smallest absolute Gasteiger partial charge is 0.342 e. The molecule has 0 bridgehead atoms. The fraction of sp³-hybridized carbons (Fsp3) is 0.217. The Morgan fingerprint density at radius 3 is 2.33 bits per heavy atom. The second-order valence-electron chi connectivity index (χ2n) is 7.04. The van der Waals surface area contributed by atoms with E-state index in [0.29, 0.717) is 5.75 Å². The molecule has 0 saturated heterocycles. The maximum Gasteiger partial charge on any atom is 0.342 e. The average Bonchev–Trinajstić information content (AvgIpc) is 2.84. The number of nitrogen functional groups attached to an aromatic ring is 1. The second-order valence-corrected chi connectivity index (χ2v) is 7.04. The van der Waals surface area contributed by atoms with E-state index >= 15 is 0 Å². The van der Waals surface area contributed by atoms with Crippen LogP contribution in [0.15, 0.2) is 58.1 Å². The van der Waals surface area contributed by atoms with Crippen molar-refractivity contribution < 1.29 is 23.8 Å². The van der Waals surface area contributed by atoms with Crippen LogP contribution in [-0.2, 0) is 18.3 Å². The van der Waals surface area contributed by atoms with Crippen molar-refractivity contribution in [2.45, 2.75) is 6.54 Å². The molecule has 0 amide bonds. The van der Waals surface area contributed by atoms with Crippen molar-refractivity contribution in [2.24, 2.45) is 7.05 Å². The van der Waals surface area contributed by atoms with Gasteiger partial charge in [0.15, 0.2) is 6.61 Å². The predicted molar refractivity (Wildman–Crippen MR) is 120 cm³/mol. The summed E-state index contributed by atoms with van der Waals surface area (Å²) >= 11 is 0. The van der Waals surface area contributed by atoms with E-state index in [4.69, 9.17) is 19.9 Å². The number of hydrogen-bond donors (Lipinski definition) is 1. The van der Waals surface area contributed by atoms with Crippen LogP contribution in [0.5, 0.6) is 11.5 Å². The molecule has 0 aliphatic carbocycles. The Balaban J connectivity index is 1.89. The van der Waals surface area contributed by atoms with Crippen molar-refractivity contribution in [3.63, 3.8) is 0 Å². The molecule has 3 aromatic rings. The largest absolute Gasteiger partial charge is 0.497 e. The molecule has 10 heteroatoms. The van der Waals surface area contributed by atoms with Gasteiger partial charge in [0, 0.05) is 7.05 Å². The number of hydrogen-bond acceptors (Lipinski definition) is 8. The van der Waals surface area contributed by atoms with Crippen LogP contribution < -0.4 is 26.5 Å². The third kappa shape index (κ3) is 4.79. The molecule has 33 heavy (non-hydrogen) atoms. The van der Waals surface area contributed by atoms with Gasteiger partial charge >= 0.3 is 11.7 Å². The van der Waals surface area contributed by atoms with E-state index in [9.17, 15) is 19.2 Å². The number of nitrogens with two attached hydrogens (primary N) is 1. The number of Topliss-reactive ketones (excluding diaryl/α,β-unsaturated/α-hetero) is 1. The lowest BCUT2D eigenvalue weighted by atomic mass is 10.1. The highest BCUT2D eigenvalue weighted by Gasteiger charge is 2.24. The number of ether oxygens (including phenoxy) is 3. The van der Waals surface area contributed by atoms with Crippen molar-refractivity contribution in [3.8, 4) is 11.5 Å². The van der Waals surface area contributed by atoms with Crippen LogP contribution >= 0.6 is 0 Å². The lowest BCUT2D eigenvalue weighted by molar-refractivity contribution is 0.0470. The summed E-state index contributed by atoms with van der Waals surface area (Å²) in [6.45, 7) is -0.705. The first kappa shape index (κ1) is 23.3. The van der Waals surface area contributed by atoms with Crippen molar-refractivity contribution in [3.05, 3.63) is 86.1 Å². The Hall–Kier alpha value is -4.34.